The van der Waals surface area contributed by atoms with Gasteiger partial charge in [-0.25, -0.2) is 0 Å². The number of nitrogens with zero attached hydrogens (tertiary/aromatic N) is 1. The van der Waals surface area contributed by atoms with Crippen LogP contribution in [0, 0.1) is 5.92 Å². The molecule has 0 aliphatic heterocycles. The highest BCUT2D eigenvalue weighted by molar-refractivity contribution is 6.37. The molecule has 1 atom stereocenters. The maximum Gasteiger partial charge on any atom is 0.223 e. The van der Waals surface area contributed by atoms with Crippen molar-refractivity contribution < 1.29 is 14.4 Å². The van der Waals surface area contributed by atoms with E-state index in [0.29, 0.717) is 25.9 Å². The van der Waals surface area contributed by atoms with Crippen molar-refractivity contribution in [2.75, 3.05) is 13.1 Å². The molecular formula is C27H52N4O3. The molecule has 0 radical (unpaired) electrons. The first-order valence-corrected chi connectivity index (χ1v) is 13.8. The molecule has 7 heteroatoms. The summed E-state index contributed by atoms with van der Waals surface area (Å²) in [5, 5.41) is 2.97. The van der Waals surface area contributed by atoms with Crippen LogP contribution in [-0.2, 0) is 14.4 Å². The van der Waals surface area contributed by atoms with E-state index in [-0.39, 0.29) is 30.5 Å². The Morgan fingerprint density at radius 2 is 1.24 bits per heavy atom. The first kappa shape index (κ1) is 32.1. The normalized spacial score (nSPS) is 11.7. The van der Waals surface area contributed by atoms with Crippen molar-refractivity contribution in [1.82, 2.24) is 5.32 Å². The maximum absolute atomic E-state index is 12.7. The summed E-state index contributed by atoms with van der Waals surface area (Å²) < 4.78 is 0. The van der Waals surface area contributed by atoms with E-state index in [4.69, 9.17) is 11.5 Å². The van der Waals surface area contributed by atoms with E-state index in [1.54, 1.807) is 0 Å². The van der Waals surface area contributed by atoms with Gasteiger partial charge in [0.05, 0.1) is 0 Å². The largest absolute Gasteiger partial charge is 0.370 e. The lowest BCUT2D eigenvalue weighted by molar-refractivity contribution is -0.138. The van der Waals surface area contributed by atoms with Crippen molar-refractivity contribution in [3.63, 3.8) is 0 Å². The summed E-state index contributed by atoms with van der Waals surface area (Å²) >= 11 is 0. The van der Waals surface area contributed by atoms with E-state index < -0.39 is 11.7 Å². The number of aliphatic imine (C=N–C) groups is 1. The van der Waals surface area contributed by atoms with Crippen LogP contribution >= 0.6 is 0 Å². The molecule has 0 bridgehead atoms. The predicted molar refractivity (Wildman–Crippen MR) is 142 cm³/mol. The summed E-state index contributed by atoms with van der Waals surface area (Å²) in [5.74, 6) is -1.43. The van der Waals surface area contributed by atoms with Crippen LogP contribution in [-0.4, -0.2) is 36.5 Å². The number of carbonyl (C=O) groups excluding carboxylic acids is 3. The standard InChI is InChI=1S/C27H52N4O3/c1-3-5-7-9-10-11-12-13-14-16-20-30-26(34)23(18-17-21-31-27(28)29)22-25(33)24(32)19-15-8-6-4-2/h23H,3-22H2,1-2H3,(H,30,34)(H4,28,29,31)/t23-/m1/s1. The van der Waals surface area contributed by atoms with Crippen LogP contribution in [0.15, 0.2) is 4.99 Å². The SMILES string of the molecule is CCCCCCCCCCCCNC(=O)[C@H](CCCN=C(N)N)CC(=O)C(=O)CCCCCC. The Balaban J connectivity index is 4.31. The van der Waals surface area contributed by atoms with Crippen LogP contribution < -0.4 is 16.8 Å². The van der Waals surface area contributed by atoms with Crippen molar-refractivity contribution in [2.45, 2.75) is 129 Å². The average Bonchev–Trinajstić information content (AvgIpc) is 2.81. The number of unbranched alkanes of at least 4 members (excludes halogenated alkanes) is 12. The molecule has 34 heavy (non-hydrogen) atoms. The smallest absolute Gasteiger partial charge is 0.223 e. The summed E-state index contributed by atoms with van der Waals surface area (Å²) in [5.41, 5.74) is 10.7. The van der Waals surface area contributed by atoms with Crippen LogP contribution in [0.3, 0.4) is 0 Å². The fraction of sp³-hybridized carbons (Fsp3) is 0.852. The van der Waals surface area contributed by atoms with Gasteiger partial charge in [-0.2, -0.15) is 0 Å². The number of guanidine groups is 1. The van der Waals surface area contributed by atoms with E-state index in [2.05, 4.69) is 24.2 Å². The van der Waals surface area contributed by atoms with Crippen molar-refractivity contribution in [3.05, 3.63) is 0 Å². The molecular weight excluding hydrogens is 428 g/mol. The van der Waals surface area contributed by atoms with Gasteiger partial charge < -0.3 is 16.8 Å². The molecule has 0 fully saturated rings. The second kappa shape index (κ2) is 22.9. The van der Waals surface area contributed by atoms with E-state index >= 15 is 0 Å². The van der Waals surface area contributed by atoms with E-state index in [1.807, 2.05) is 0 Å². The summed E-state index contributed by atoms with van der Waals surface area (Å²) in [6.07, 6.45) is 17.6. The van der Waals surface area contributed by atoms with Gasteiger partial charge >= 0.3 is 0 Å². The number of nitrogens with one attached hydrogen (secondary N) is 1. The number of hydrogen-bond acceptors (Lipinski definition) is 4. The molecule has 0 aliphatic carbocycles. The third-order valence-electron chi connectivity index (χ3n) is 6.21. The van der Waals surface area contributed by atoms with Gasteiger partial charge in [0.1, 0.15) is 0 Å². The van der Waals surface area contributed by atoms with E-state index in [9.17, 15) is 14.4 Å². The molecule has 5 N–H and O–H groups in total. The third kappa shape index (κ3) is 19.5. The van der Waals surface area contributed by atoms with Crippen molar-refractivity contribution >= 4 is 23.4 Å². The molecule has 0 unspecified atom stereocenters. The number of hydrogen-bond donors (Lipinski definition) is 3. The van der Waals surface area contributed by atoms with E-state index in [0.717, 1.165) is 38.5 Å². The van der Waals surface area contributed by atoms with Gasteiger partial charge in [-0.1, -0.05) is 90.9 Å². The zero-order chi connectivity index (χ0) is 25.4. The molecule has 0 aromatic heterocycles. The molecule has 7 nitrogen and oxygen atoms in total. The summed E-state index contributed by atoms with van der Waals surface area (Å²) in [7, 11) is 0. The zero-order valence-electron chi connectivity index (χ0n) is 22.0. The van der Waals surface area contributed by atoms with Gasteiger partial charge in [-0.3, -0.25) is 19.4 Å². The highest BCUT2D eigenvalue weighted by Gasteiger charge is 2.24. The molecule has 198 valence electrons. The quantitative estimate of drug-likeness (QED) is 0.0758. The molecule has 0 saturated heterocycles. The van der Waals surface area contributed by atoms with Crippen LogP contribution in [0.4, 0.5) is 0 Å². The summed E-state index contributed by atoms with van der Waals surface area (Å²) in [6.45, 7) is 5.36. The number of ketones is 2. The minimum atomic E-state index is -0.510. The molecule has 1 amide bonds. The van der Waals surface area contributed by atoms with Crippen molar-refractivity contribution in [2.24, 2.45) is 22.4 Å². The van der Waals surface area contributed by atoms with Gasteiger partial charge in [-0.15, -0.1) is 0 Å². The van der Waals surface area contributed by atoms with E-state index in [1.165, 1.54) is 51.4 Å². The van der Waals surface area contributed by atoms with Crippen molar-refractivity contribution in [1.29, 1.82) is 0 Å². The average molecular weight is 481 g/mol. The highest BCUT2D eigenvalue weighted by Crippen LogP contribution is 2.15. The Morgan fingerprint density at radius 3 is 1.79 bits per heavy atom. The molecule has 0 aromatic carbocycles. The lowest BCUT2D eigenvalue weighted by Crippen LogP contribution is -2.34. The molecule has 0 heterocycles. The number of nitrogens with two attached hydrogens (primary N) is 2. The van der Waals surface area contributed by atoms with Crippen LogP contribution in [0.25, 0.3) is 0 Å². The number of carbonyl (C=O) groups is 3. The Kier molecular flexibility index (Phi) is 21.6. The van der Waals surface area contributed by atoms with Crippen LogP contribution in [0.2, 0.25) is 0 Å². The highest BCUT2D eigenvalue weighted by atomic mass is 16.2. The number of amides is 1. The minimum Gasteiger partial charge on any atom is -0.370 e. The van der Waals surface area contributed by atoms with Gasteiger partial charge in [0.2, 0.25) is 5.91 Å². The monoisotopic (exact) mass is 480 g/mol. The topological polar surface area (TPSA) is 128 Å². The Bertz CT molecular complexity index is 574. The third-order valence-corrected chi connectivity index (χ3v) is 6.21. The number of Topliss-reactive ketones (excluding diaryl/α,β-unsaturated/α-hetero) is 2. The first-order valence-electron chi connectivity index (χ1n) is 13.8. The zero-order valence-corrected chi connectivity index (χ0v) is 22.0. The lowest BCUT2D eigenvalue weighted by atomic mass is 9.93. The molecule has 0 aliphatic rings. The lowest BCUT2D eigenvalue weighted by Gasteiger charge is -2.16. The fourth-order valence-electron chi connectivity index (χ4n) is 4.03. The molecule has 0 spiro atoms. The van der Waals surface area contributed by atoms with Crippen molar-refractivity contribution in [3.8, 4) is 0 Å². The second-order valence-corrected chi connectivity index (χ2v) is 9.48. The van der Waals surface area contributed by atoms with Crippen LogP contribution in [0.5, 0.6) is 0 Å². The number of rotatable bonds is 24. The minimum absolute atomic E-state index is 0.0142. The van der Waals surface area contributed by atoms with Gasteiger partial charge in [-0.05, 0) is 25.7 Å². The summed E-state index contributed by atoms with van der Waals surface area (Å²) in [6, 6.07) is 0. The Labute approximate surface area is 208 Å². The van der Waals surface area contributed by atoms with Gasteiger partial charge in [0.25, 0.3) is 0 Å². The van der Waals surface area contributed by atoms with Crippen LogP contribution in [0.1, 0.15) is 129 Å². The maximum atomic E-state index is 12.7. The first-order chi connectivity index (χ1) is 16.4. The molecule has 0 rings (SSSR count). The van der Waals surface area contributed by atoms with Gasteiger partial charge in [0.15, 0.2) is 17.5 Å². The molecule has 0 aromatic rings. The van der Waals surface area contributed by atoms with Gasteiger partial charge in [0, 0.05) is 31.8 Å². The summed E-state index contributed by atoms with van der Waals surface area (Å²) in [4.78, 5) is 41.3. The Morgan fingerprint density at radius 1 is 0.706 bits per heavy atom. The fourth-order valence-corrected chi connectivity index (χ4v) is 4.03. The predicted octanol–water partition coefficient (Wildman–Crippen LogP) is 5.19. The Hall–Kier alpha value is -1.92. The second-order valence-electron chi connectivity index (χ2n) is 9.48. The molecule has 0 saturated carbocycles.